The van der Waals surface area contributed by atoms with Crippen LogP contribution in [-0.2, 0) is 9.53 Å². The van der Waals surface area contributed by atoms with Gasteiger partial charge in [-0.25, -0.2) is 4.79 Å². The number of hydrogen-bond donors (Lipinski definition) is 0. The molecule has 31 heavy (non-hydrogen) atoms. The molecule has 0 N–H and O–H groups in total. The van der Waals surface area contributed by atoms with Crippen LogP contribution in [0.3, 0.4) is 0 Å². The maximum Gasteiger partial charge on any atom is 0.133 e. The number of benzene rings is 2. The van der Waals surface area contributed by atoms with E-state index in [1.165, 1.54) is 0 Å². The van der Waals surface area contributed by atoms with E-state index in [-0.39, 0.29) is 6.61 Å². The van der Waals surface area contributed by atoms with Crippen LogP contribution in [0, 0.1) is 0 Å². The summed E-state index contributed by atoms with van der Waals surface area (Å²) in [6, 6.07) is 19.6. The van der Waals surface area contributed by atoms with Crippen LogP contribution in [0.25, 0.3) is 5.76 Å². The zero-order chi connectivity index (χ0) is 23.0. The summed E-state index contributed by atoms with van der Waals surface area (Å²) in [5.41, 5.74) is 2.84. The third-order valence-electron chi connectivity index (χ3n) is 6.34. The first-order chi connectivity index (χ1) is 14.8. The molecule has 0 saturated carbocycles. The number of para-hydroxylation sites is 1. The molecule has 0 heterocycles. The van der Waals surface area contributed by atoms with E-state index in [0.29, 0.717) is 22.4 Å². The summed E-state index contributed by atoms with van der Waals surface area (Å²) in [6.45, 7) is 13.7. The van der Waals surface area contributed by atoms with Gasteiger partial charge in [-0.3, -0.25) is 0 Å². The van der Waals surface area contributed by atoms with Crippen molar-refractivity contribution in [2.24, 2.45) is 0 Å². The summed E-state index contributed by atoms with van der Waals surface area (Å²) in [6.07, 6.45) is 0. The lowest BCUT2D eigenvalue weighted by Gasteiger charge is -2.44. The molecule has 2 rings (SSSR count). The molecule has 0 spiro atoms. The van der Waals surface area contributed by atoms with Gasteiger partial charge in [-0.05, 0) is 28.8 Å². The quantitative estimate of drug-likeness (QED) is 0.172. The molecule has 0 fully saturated rings. The van der Waals surface area contributed by atoms with Crippen LogP contribution in [0.5, 0.6) is 5.75 Å². The SMILES string of the molecule is CO/C(=C(/COc1ccccc1)C(=C=O)[Si](C(C)C)(C(C)C)C(C)C)c1ccccc1. The van der Waals surface area contributed by atoms with Gasteiger partial charge in [-0.15, -0.1) is 0 Å². The Morgan fingerprint density at radius 2 is 1.32 bits per heavy atom. The van der Waals surface area contributed by atoms with Gasteiger partial charge in [0.05, 0.1) is 7.11 Å². The summed E-state index contributed by atoms with van der Waals surface area (Å²) < 4.78 is 12.1. The molecule has 2 aromatic rings. The van der Waals surface area contributed by atoms with Crippen LogP contribution in [0.1, 0.15) is 47.1 Å². The summed E-state index contributed by atoms with van der Waals surface area (Å²) in [5, 5.41) is 0.782. The highest BCUT2D eigenvalue weighted by Gasteiger charge is 2.49. The first kappa shape index (κ1) is 24.7. The number of ether oxygens (including phenoxy) is 2. The first-order valence-electron chi connectivity index (χ1n) is 11.1. The lowest BCUT2D eigenvalue weighted by Crippen LogP contribution is -2.48. The van der Waals surface area contributed by atoms with Gasteiger partial charge < -0.3 is 9.47 Å². The Kier molecular flexibility index (Phi) is 8.91. The molecule has 3 nitrogen and oxygen atoms in total. The molecule has 2 aromatic carbocycles. The van der Waals surface area contributed by atoms with Gasteiger partial charge in [0.2, 0.25) is 0 Å². The van der Waals surface area contributed by atoms with Gasteiger partial charge in [0.15, 0.2) is 0 Å². The summed E-state index contributed by atoms with van der Waals surface area (Å²) in [4.78, 5) is 12.7. The lowest BCUT2D eigenvalue weighted by molar-refractivity contribution is 0.334. The molecule has 0 bridgehead atoms. The molecule has 166 valence electrons. The average molecular weight is 437 g/mol. The maximum absolute atomic E-state index is 12.7. The van der Waals surface area contributed by atoms with Crippen molar-refractivity contribution >= 4 is 19.8 Å². The van der Waals surface area contributed by atoms with Crippen molar-refractivity contribution in [3.63, 3.8) is 0 Å². The van der Waals surface area contributed by atoms with Crippen LogP contribution in [0.4, 0.5) is 0 Å². The lowest BCUT2D eigenvalue weighted by atomic mass is 10.1. The van der Waals surface area contributed by atoms with E-state index in [0.717, 1.165) is 22.1 Å². The molecule has 0 aromatic heterocycles. The monoisotopic (exact) mass is 436 g/mol. The van der Waals surface area contributed by atoms with E-state index in [9.17, 15) is 4.79 Å². The molecule has 0 aliphatic rings. The number of methoxy groups -OCH3 is 1. The molecule has 0 aliphatic heterocycles. The summed E-state index contributed by atoms with van der Waals surface area (Å²) in [5.74, 6) is 3.87. The molecular weight excluding hydrogens is 400 g/mol. The van der Waals surface area contributed by atoms with E-state index in [2.05, 4.69) is 47.5 Å². The molecule has 0 radical (unpaired) electrons. The second-order valence-corrected chi connectivity index (χ2v) is 14.7. The minimum absolute atomic E-state index is 0.258. The van der Waals surface area contributed by atoms with Crippen molar-refractivity contribution in [1.82, 2.24) is 0 Å². The number of rotatable bonds is 10. The fraction of sp³-hybridized carbons (Fsp3) is 0.407. The molecule has 4 heteroatoms. The largest absolute Gasteiger partial charge is 0.496 e. The van der Waals surface area contributed by atoms with Gasteiger partial charge in [0.1, 0.15) is 32.1 Å². The molecule has 0 unspecified atom stereocenters. The van der Waals surface area contributed by atoms with Gasteiger partial charge >= 0.3 is 0 Å². The van der Waals surface area contributed by atoms with E-state index in [4.69, 9.17) is 9.47 Å². The predicted molar refractivity (Wildman–Crippen MR) is 133 cm³/mol. The zero-order valence-corrected chi connectivity index (χ0v) is 20.9. The number of carbonyl (C=O) groups excluding carboxylic acids is 1. The molecule has 0 atom stereocenters. The molecular formula is C27H36O3Si. The van der Waals surface area contributed by atoms with Gasteiger partial charge in [0.25, 0.3) is 0 Å². The van der Waals surface area contributed by atoms with E-state index in [1.54, 1.807) is 7.11 Å². The third-order valence-corrected chi connectivity index (χ3v) is 13.3. The van der Waals surface area contributed by atoms with E-state index in [1.807, 2.05) is 60.7 Å². The van der Waals surface area contributed by atoms with Crippen LogP contribution < -0.4 is 4.74 Å². The Balaban J connectivity index is 2.75. The molecule has 0 saturated heterocycles. The summed E-state index contributed by atoms with van der Waals surface area (Å²) >= 11 is 0. The highest BCUT2D eigenvalue weighted by atomic mass is 28.3. The van der Waals surface area contributed by atoms with Gasteiger partial charge in [-0.1, -0.05) is 90.1 Å². The van der Waals surface area contributed by atoms with E-state index >= 15 is 0 Å². The smallest absolute Gasteiger partial charge is 0.133 e. The second kappa shape index (κ2) is 11.2. The topological polar surface area (TPSA) is 35.5 Å². The van der Waals surface area contributed by atoms with Crippen molar-refractivity contribution in [3.8, 4) is 5.75 Å². The third kappa shape index (κ3) is 5.20. The fourth-order valence-corrected chi connectivity index (χ4v) is 11.8. The van der Waals surface area contributed by atoms with Gasteiger partial charge in [0, 0.05) is 16.3 Å². The van der Waals surface area contributed by atoms with Crippen molar-refractivity contribution in [2.75, 3.05) is 13.7 Å². The second-order valence-electron chi connectivity index (χ2n) is 8.85. The minimum atomic E-state index is -2.30. The molecule has 0 aliphatic carbocycles. The average Bonchev–Trinajstić information content (AvgIpc) is 2.75. The predicted octanol–water partition coefficient (Wildman–Crippen LogP) is 7.10. The normalized spacial score (nSPS) is 12.6. The zero-order valence-electron chi connectivity index (χ0n) is 19.9. The Morgan fingerprint density at radius 1 is 0.839 bits per heavy atom. The highest BCUT2D eigenvalue weighted by molar-refractivity contribution is 6.91. The fourth-order valence-electron chi connectivity index (χ4n) is 5.21. The Hall–Kier alpha value is -2.55. The Morgan fingerprint density at radius 3 is 1.74 bits per heavy atom. The standard InChI is InChI=1S/C27H36O3Si/c1-20(2)31(21(3)4,22(5)6)26(18-28)25(19-30-24-16-12-9-13-17-24)27(29-7)23-14-10-8-11-15-23/h8-17,20-22H,19H2,1-7H3/b27-25-. The minimum Gasteiger partial charge on any atom is -0.496 e. The van der Waals surface area contributed by atoms with Crippen molar-refractivity contribution in [3.05, 3.63) is 77.0 Å². The van der Waals surface area contributed by atoms with Crippen LogP contribution in [0.2, 0.25) is 16.6 Å². The molecule has 0 amide bonds. The van der Waals surface area contributed by atoms with Crippen molar-refractivity contribution < 1.29 is 14.3 Å². The van der Waals surface area contributed by atoms with Crippen LogP contribution in [-0.4, -0.2) is 27.7 Å². The highest BCUT2D eigenvalue weighted by Crippen LogP contribution is 2.48. The van der Waals surface area contributed by atoms with Crippen LogP contribution >= 0.6 is 0 Å². The number of hydrogen-bond acceptors (Lipinski definition) is 3. The summed E-state index contributed by atoms with van der Waals surface area (Å²) in [7, 11) is -0.632. The van der Waals surface area contributed by atoms with E-state index < -0.39 is 8.07 Å². The van der Waals surface area contributed by atoms with Crippen molar-refractivity contribution in [1.29, 1.82) is 0 Å². The first-order valence-corrected chi connectivity index (χ1v) is 13.3. The Bertz CT molecular complexity index is 886. The van der Waals surface area contributed by atoms with Crippen LogP contribution in [0.15, 0.2) is 71.4 Å². The van der Waals surface area contributed by atoms with Crippen molar-refractivity contribution in [2.45, 2.75) is 58.2 Å². The van der Waals surface area contributed by atoms with Gasteiger partial charge in [-0.2, -0.15) is 0 Å². The Labute approximate surface area is 188 Å². The maximum atomic E-state index is 12.7.